The van der Waals surface area contributed by atoms with Crippen LogP contribution in [-0.2, 0) is 14.6 Å². The molecule has 2 aromatic rings. The molecule has 0 unspecified atom stereocenters. The van der Waals surface area contributed by atoms with Gasteiger partial charge in [0, 0.05) is 11.2 Å². The van der Waals surface area contributed by atoms with Gasteiger partial charge in [-0.05, 0) is 62.7 Å². The number of rotatable bonds is 4. The molecule has 1 N–H and O–H groups in total. The highest BCUT2D eigenvalue weighted by Gasteiger charge is 2.43. The highest BCUT2D eigenvalue weighted by molar-refractivity contribution is 7.93. The minimum Gasteiger partial charge on any atom is -0.309 e. The van der Waals surface area contributed by atoms with Crippen molar-refractivity contribution in [3.05, 3.63) is 53.2 Å². The average Bonchev–Trinajstić information content (AvgIpc) is 2.47. The van der Waals surface area contributed by atoms with Crippen LogP contribution in [0.3, 0.4) is 0 Å². The van der Waals surface area contributed by atoms with Crippen LogP contribution in [0.25, 0.3) is 0 Å². The molecule has 122 valence electrons. The summed E-state index contributed by atoms with van der Waals surface area (Å²) in [6.45, 7) is 4.58. The normalized spacial score (nSPS) is 12.0. The highest BCUT2D eigenvalue weighted by atomic mass is 35.5. The second-order valence-electron chi connectivity index (χ2n) is 5.64. The smallest absolute Gasteiger partial charge is 0.246 e. The summed E-state index contributed by atoms with van der Waals surface area (Å²) in [6, 6.07) is 9.18. The molecule has 23 heavy (non-hydrogen) atoms. The Kier molecular flexibility index (Phi) is 4.77. The van der Waals surface area contributed by atoms with Crippen LogP contribution in [0.5, 0.6) is 0 Å². The van der Waals surface area contributed by atoms with Crippen molar-refractivity contribution < 1.29 is 13.2 Å². The van der Waals surface area contributed by atoms with Crippen molar-refractivity contribution in [2.24, 2.45) is 0 Å². The average molecular weight is 353 g/mol. The van der Waals surface area contributed by atoms with Crippen LogP contribution < -0.4 is 5.32 Å². The van der Waals surface area contributed by atoms with Crippen molar-refractivity contribution in [1.29, 1.82) is 0 Å². The van der Waals surface area contributed by atoms with Gasteiger partial charge in [-0.1, -0.05) is 11.6 Å². The molecule has 0 fully saturated rings. The summed E-state index contributed by atoms with van der Waals surface area (Å²) in [6.07, 6.45) is 1.55. The van der Waals surface area contributed by atoms with Gasteiger partial charge < -0.3 is 5.32 Å². The molecular formula is C16H17ClN2O3S. The van der Waals surface area contributed by atoms with E-state index in [0.717, 1.165) is 5.56 Å². The van der Waals surface area contributed by atoms with Crippen molar-refractivity contribution in [3.8, 4) is 0 Å². The second kappa shape index (κ2) is 6.29. The number of nitrogens with zero attached hydrogens (tertiary/aromatic N) is 1. The number of carbonyl (C=O) groups excluding carboxylic acids is 1. The Bertz CT molecular complexity index is 831. The standard InChI is InChI=1S/C16H17ClN2O3S/c1-11-8-9-18-14(10-11)19-15(20)16(2,3)23(21,22)13-6-4-12(17)5-7-13/h4-10H,1-3H3,(H,18,19,20). The molecule has 0 bridgehead atoms. The third kappa shape index (κ3) is 3.54. The lowest BCUT2D eigenvalue weighted by Crippen LogP contribution is -2.44. The molecule has 0 aliphatic heterocycles. The van der Waals surface area contributed by atoms with E-state index in [4.69, 9.17) is 11.6 Å². The number of anilines is 1. The molecule has 0 saturated heterocycles. The molecule has 0 aliphatic rings. The number of amides is 1. The van der Waals surface area contributed by atoms with Gasteiger partial charge in [0.05, 0.1) is 4.90 Å². The maximum atomic E-state index is 12.7. The Morgan fingerprint density at radius 1 is 1.17 bits per heavy atom. The van der Waals surface area contributed by atoms with Gasteiger partial charge in [-0.2, -0.15) is 0 Å². The summed E-state index contributed by atoms with van der Waals surface area (Å²) in [5, 5.41) is 2.98. The highest BCUT2D eigenvalue weighted by Crippen LogP contribution is 2.27. The first-order chi connectivity index (χ1) is 10.6. The number of hydrogen-bond donors (Lipinski definition) is 1. The third-order valence-electron chi connectivity index (χ3n) is 3.50. The van der Waals surface area contributed by atoms with E-state index in [1.807, 2.05) is 6.92 Å². The van der Waals surface area contributed by atoms with Gasteiger partial charge in [-0.25, -0.2) is 13.4 Å². The van der Waals surface area contributed by atoms with Gasteiger partial charge in [-0.3, -0.25) is 4.79 Å². The fraction of sp³-hybridized carbons (Fsp3) is 0.250. The van der Waals surface area contributed by atoms with Gasteiger partial charge in [0.1, 0.15) is 10.6 Å². The van der Waals surface area contributed by atoms with Crippen LogP contribution in [0.1, 0.15) is 19.4 Å². The van der Waals surface area contributed by atoms with Gasteiger partial charge in [-0.15, -0.1) is 0 Å². The molecule has 1 amide bonds. The van der Waals surface area contributed by atoms with Crippen molar-refractivity contribution in [2.45, 2.75) is 30.4 Å². The number of aromatic nitrogens is 1. The molecule has 7 heteroatoms. The minimum atomic E-state index is -3.88. The Morgan fingerprint density at radius 2 is 1.78 bits per heavy atom. The molecule has 1 aromatic carbocycles. The van der Waals surface area contributed by atoms with E-state index in [1.54, 1.807) is 18.3 Å². The lowest BCUT2D eigenvalue weighted by molar-refractivity contribution is -0.117. The van der Waals surface area contributed by atoms with Crippen LogP contribution in [0.4, 0.5) is 5.82 Å². The van der Waals surface area contributed by atoms with Crippen LogP contribution in [0, 0.1) is 6.92 Å². The molecule has 0 radical (unpaired) electrons. The Hall–Kier alpha value is -1.92. The zero-order chi connectivity index (χ0) is 17.3. The number of pyridine rings is 1. The molecule has 0 aliphatic carbocycles. The van der Waals surface area contributed by atoms with Crippen molar-refractivity contribution >= 4 is 33.2 Å². The molecule has 0 atom stereocenters. The third-order valence-corrected chi connectivity index (χ3v) is 6.17. The molecule has 1 aromatic heterocycles. The SMILES string of the molecule is Cc1ccnc(NC(=O)C(C)(C)S(=O)(=O)c2ccc(Cl)cc2)c1. The zero-order valence-electron chi connectivity index (χ0n) is 13.0. The summed E-state index contributed by atoms with van der Waals surface area (Å²) >= 11 is 5.78. The number of halogens is 1. The fourth-order valence-electron chi connectivity index (χ4n) is 1.90. The maximum absolute atomic E-state index is 12.7. The van der Waals surface area contributed by atoms with E-state index in [9.17, 15) is 13.2 Å². The molecule has 0 spiro atoms. The Morgan fingerprint density at radius 3 is 2.35 bits per heavy atom. The van der Waals surface area contributed by atoms with Crippen LogP contribution in [-0.4, -0.2) is 24.1 Å². The number of carbonyl (C=O) groups is 1. The van der Waals surface area contributed by atoms with E-state index in [-0.39, 0.29) is 4.90 Å². The predicted octanol–water partition coefficient (Wildman–Crippen LogP) is 3.23. The first-order valence-corrected chi connectivity index (χ1v) is 8.75. The summed E-state index contributed by atoms with van der Waals surface area (Å²) in [5.74, 6) is -0.333. The quantitative estimate of drug-likeness (QED) is 0.916. The van der Waals surface area contributed by atoms with E-state index < -0.39 is 20.5 Å². The number of sulfone groups is 1. The topological polar surface area (TPSA) is 76.1 Å². The molecular weight excluding hydrogens is 336 g/mol. The number of nitrogens with one attached hydrogen (secondary N) is 1. The second-order valence-corrected chi connectivity index (χ2v) is 8.58. The monoisotopic (exact) mass is 352 g/mol. The predicted molar refractivity (Wildman–Crippen MR) is 90.3 cm³/mol. The van der Waals surface area contributed by atoms with Crippen molar-refractivity contribution in [1.82, 2.24) is 4.98 Å². The Balaban J connectivity index is 2.32. The lowest BCUT2D eigenvalue weighted by atomic mass is 10.2. The first kappa shape index (κ1) is 17.4. The van der Waals surface area contributed by atoms with Crippen molar-refractivity contribution in [3.63, 3.8) is 0 Å². The largest absolute Gasteiger partial charge is 0.309 e. The van der Waals surface area contributed by atoms with E-state index >= 15 is 0 Å². The number of benzene rings is 1. The Labute approximate surface area is 140 Å². The molecule has 2 rings (SSSR count). The van der Waals surface area contributed by atoms with Gasteiger partial charge in [0.15, 0.2) is 9.84 Å². The van der Waals surface area contributed by atoms with Crippen LogP contribution in [0.15, 0.2) is 47.5 Å². The number of hydrogen-bond acceptors (Lipinski definition) is 4. The molecule has 0 saturated carbocycles. The van der Waals surface area contributed by atoms with Crippen molar-refractivity contribution in [2.75, 3.05) is 5.32 Å². The van der Waals surface area contributed by atoms with Gasteiger partial charge >= 0.3 is 0 Å². The van der Waals surface area contributed by atoms with Crippen LogP contribution in [0.2, 0.25) is 5.02 Å². The van der Waals surface area contributed by atoms with Gasteiger partial charge in [0.2, 0.25) is 5.91 Å². The van der Waals surface area contributed by atoms with Gasteiger partial charge in [0.25, 0.3) is 0 Å². The minimum absolute atomic E-state index is 0.0410. The lowest BCUT2D eigenvalue weighted by Gasteiger charge is -2.23. The maximum Gasteiger partial charge on any atom is 0.246 e. The molecule has 1 heterocycles. The summed E-state index contributed by atoms with van der Waals surface area (Å²) < 4.78 is 23.8. The number of aryl methyl sites for hydroxylation is 1. The van der Waals surface area contributed by atoms with E-state index in [2.05, 4.69) is 10.3 Å². The summed E-state index contributed by atoms with van der Waals surface area (Å²) in [4.78, 5) is 16.5. The van der Waals surface area contributed by atoms with E-state index in [1.165, 1.54) is 38.1 Å². The van der Waals surface area contributed by atoms with Crippen LogP contribution >= 0.6 is 11.6 Å². The fourth-order valence-corrected chi connectivity index (χ4v) is 3.41. The summed E-state index contributed by atoms with van der Waals surface area (Å²) in [7, 11) is -3.88. The molecule has 5 nitrogen and oxygen atoms in total. The first-order valence-electron chi connectivity index (χ1n) is 6.89. The van der Waals surface area contributed by atoms with E-state index in [0.29, 0.717) is 10.8 Å². The summed E-state index contributed by atoms with van der Waals surface area (Å²) in [5.41, 5.74) is 0.911. The zero-order valence-corrected chi connectivity index (χ0v) is 14.6.